The van der Waals surface area contributed by atoms with Crippen LogP contribution in [0.5, 0.6) is 5.75 Å². The van der Waals surface area contributed by atoms with E-state index in [-0.39, 0.29) is 5.75 Å². The lowest BCUT2D eigenvalue weighted by Crippen LogP contribution is -2.16. The largest absolute Gasteiger partial charge is 0.573 e. The third-order valence-electron chi connectivity index (χ3n) is 3.65. The molecular weight excluding hydrogens is 337 g/mol. The van der Waals surface area contributed by atoms with E-state index in [4.69, 9.17) is 0 Å². The van der Waals surface area contributed by atoms with Crippen LogP contribution >= 0.6 is 0 Å². The molecule has 5 nitrogen and oxygen atoms in total. The first-order valence-corrected chi connectivity index (χ1v) is 7.19. The highest BCUT2D eigenvalue weighted by Gasteiger charge is 2.31. The zero-order chi connectivity index (χ0) is 18.2. The predicted molar refractivity (Wildman–Crippen MR) is 84.2 cm³/mol. The van der Waals surface area contributed by atoms with Crippen molar-refractivity contribution in [1.82, 2.24) is 9.55 Å². The zero-order valence-electron chi connectivity index (χ0n) is 13.3. The number of aryl methyl sites for hydroxylation is 1. The minimum Gasteiger partial charge on any atom is -0.465 e. The number of imidazole rings is 1. The predicted octanol–water partition coefficient (Wildman–Crippen LogP) is 3.93. The van der Waals surface area contributed by atoms with Gasteiger partial charge in [-0.15, -0.1) is 13.2 Å². The van der Waals surface area contributed by atoms with Crippen LogP contribution in [0.3, 0.4) is 0 Å². The first-order valence-electron chi connectivity index (χ1n) is 7.19. The highest BCUT2D eigenvalue weighted by molar-refractivity contribution is 5.94. The molecule has 130 valence electrons. The molecule has 25 heavy (non-hydrogen) atoms. The minimum atomic E-state index is -4.73. The molecule has 0 radical (unpaired) electrons. The molecule has 0 aliphatic rings. The number of fused-ring (bicyclic) bond motifs is 1. The van der Waals surface area contributed by atoms with Gasteiger partial charge in [-0.1, -0.05) is 0 Å². The molecule has 0 N–H and O–H groups in total. The van der Waals surface area contributed by atoms with Crippen molar-refractivity contribution < 1.29 is 27.4 Å². The summed E-state index contributed by atoms with van der Waals surface area (Å²) in [6.45, 7) is 0. The van der Waals surface area contributed by atoms with Crippen LogP contribution in [0.25, 0.3) is 22.4 Å². The van der Waals surface area contributed by atoms with Crippen LogP contribution in [0.1, 0.15) is 10.4 Å². The summed E-state index contributed by atoms with van der Waals surface area (Å²) in [6.07, 6.45) is -4.73. The van der Waals surface area contributed by atoms with Crippen LogP contribution in [0, 0.1) is 0 Å². The Morgan fingerprint density at radius 2 is 1.80 bits per heavy atom. The summed E-state index contributed by atoms with van der Waals surface area (Å²) in [5, 5.41) is 0. The van der Waals surface area contributed by atoms with Gasteiger partial charge in [-0.3, -0.25) is 0 Å². The maximum Gasteiger partial charge on any atom is 0.573 e. The number of ether oxygens (including phenoxy) is 2. The number of rotatable bonds is 3. The number of benzene rings is 2. The Morgan fingerprint density at radius 3 is 2.40 bits per heavy atom. The molecule has 1 aromatic heterocycles. The summed E-state index contributed by atoms with van der Waals surface area (Å²) in [5.74, 6) is -0.221. The Morgan fingerprint density at radius 1 is 1.12 bits per heavy atom. The quantitative estimate of drug-likeness (QED) is 0.672. The molecule has 0 aliphatic carbocycles. The fourth-order valence-electron chi connectivity index (χ4n) is 2.51. The Bertz CT molecular complexity index is 931. The average Bonchev–Trinajstić information content (AvgIpc) is 2.90. The lowest BCUT2D eigenvalue weighted by Gasteiger charge is -2.09. The molecule has 0 amide bonds. The van der Waals surface area contributed by atoms with Gasteiger partial charge in [0.15, 0.2) is 0 Å². The number of hydrogen-bond acceptors (Lipinski definition) is 4. The van der Waals surface area contributed by atoms with Crippen LogP contribution in [-0.4, -0.2) is 29.0 Å². The summed E-state index contributed by atoms with van der Waals surface area (Å²) >= 11 is 0. The summed E-state index contributed by atoms with van der Waals surface area (Å²) < 4.78 is 47.0. The van der Waals surface area contributed by atoms with E-state index in [1.807, 2.05) is 0 Å². The van der Waals surface area contributed by atoms with Gasteiger partial charge in [-0.25, -0.2) is 9.78 Å². The molecule has 0 bridgehead atoms. The smallest absolute Gasteiger partial charge is 0.465 e. The maximum absolute atomic E-state index is 12.2. The van der Waals surface area contributed by atoms with Crippen molar-refractivity contribution in [2.45, 2.75) is 6.36 Å². The van der Waals surface area contributed by atoms with Crippen molar-refractivity contribution in [2.75, 3.05) is 7.11 Å². The molecule has 8 heteroatoms. The number of alkyl halides is 3. The summed E-state index contributed by atoms with van der Waals surface area (Å²) in [4.78, 5) is 16.1. The molecule has 1 heterocycles. The molecule has 0 saturated heterocycles. The molecule has 0 atom stereocenters. The van der Waals surface area contributed by atoms with Crippen molar-refractivity contribution in [3.8, 4) is 17.1 Å². The van der Waals surface area contributed by atoms with Crippen LogP contribution in [0.4, 0.5) is 13.2 Å². The third kappa shape index (κ3) is 3.42. The minimum absolute atomic E-state index is 0.303. The van der Waals surface area contributed by atoms with E-state index < -0.39 is 12.3 Å². The summed E-state index contributed by atoms with van der Waals surface area (Å²) in [7, 11) is 3.07. The molecule has 0 unspecified atom stereocenters. The van der Waals surface area contributed by atoms with Crippen molar-refractivity contribution in [3.63, 3.8) is 0 Å². The van der Waals surface area contributed by atoms with E-state index >= 15 is 0 Å². The van der Waals surface area contributed by atoms with Gasteiger partial charge in [-0.05, 0) is 42.5 Å². The Balaban J connectivity index is 1.98. The Hall–Kier alpha value is -3.03. The van der Waals surface area contributed by atoms with Gasteiger partial charge in [0.2, 0.25) is 0 Å². The lowest BCUT2D eigenvalue weighted by molar-refractivity contribution is -0.274. The standard InChI is InChI=1S/C17H13F3N2O3/c1-22-14-8-5-11(16(23)24-2)9-13(14)21-15(22)10-3-6-12(7-4-10)25-17(18,19)20/h3-9H,1-2H3. The van der Waals surface area contributed by atoms with E-state index in [9.17, 15) is 18.0 Å². The number of halogens is 3. The molecule has 0 saturated carbocycles. The molecule has 2 aromatic carbocycles. The summed E-state index contributed by atoms with van der Waals surface area (Å²) in [6, 6.07) is 10.4. The van der Waals surface area contributed by atoms with Crippen molar-refractivity contribution in [2.24, 2.45) is 7.05 Å². The molecule has 0 spiro atoms. The number of nitrogens with zero attached hydrogens (tertiary/aromatic N) is 2. The monoisotopic (exact) mass is 350 g/mol. The average molecular weight is 350 g/mol. The van der Waals surface area contributed by atoms with E-state index in [2.05, 4.69) is 14.5 Å². The second-order valence-electron chi connectivity index (χ2n) is 5.26. The lowest BCUT2D eigenvalue weighted by atomic mass is 10.2. The van der Waals surface area contributed by atoms with E-state index in [0.717, 1.165) is 5.52 Å². The van der Waals surface area contributed by atoms with E-state index in [1.54, 1.807) is 29.8 Å². The van der Waals surface area contributed by atoms with Gasteiger partial charge in [0.25, 0.3) is 0 Å². The van der Waals surface area contributed by atoms with Crippen LogP contribution in [0.2, 0.25) is 0 Å². The first kappa shape index (κ1) is 16.8. The summed E-state index contributed by atoms with van der Waals surface area (Å²) in [5.41, 5.74) is 2.34. The number of hydrogen-bond donors (Lipinski definition) is 0. The van der Waals surface area contributed by atoms with Gasteiger partial charge in [0.05, 0.1) is 23.7 Å². The number of methoxy groups -OCH3 is 1. The van der Waals surface area contributed by atoms with Crippen molar-refractivity contribution >= 4 is 17.0 Å². The van der Waals surface area contributed by atoms with Gasteiger partial charge in [0, 0.05) is 12.6 Å². The van der Waals surface area contributed by atoms with Crippen LogP contribution in [0.15, 0.2) is 42.5 Å². The normalized spacial score (nSPS) is 11.6. The fourth-order valence-corrected chi connectivity index (χ4v) is 2.51. The zero-order valence-corrected chi connectivity index (χ0v) is 13.3. The van der Waals surface area contributed by atoms with E-state index in [0.29, 0.717) is 22.5 Å². The van der Waals surface area contributed by atoms with Crippen LogP contribution < -0.4 is 4.74 Å². The van der Waals surface area contributed by atoms with Gasteiger partial charge >= 0.3 is 12.3 Å². The van der Waals surface area contributed by atoms with Crippen molar-refractivity contribution in [1.29, 1.82) is 0 Å². The second-order valence-corrected chi connectivity index (χ2v) is 5.26. The van der Waals surface area contributed by atoms with Crippen molar-refractivity contribution in [3.05, 3.63) is 48.0 Å². The number of carbonyl (C=O) groups is 1. The first-order chi connectivity index (χ1) is 11.8. The van der Waals surface area contributed by atoms with Crippen LogP contribution in [-0.2, 0) is 11.8 Å². The van der Waals surface area contributed by atoms with Gasteiger partial charge in [-0.2, -0.15) is 0 Å². The van der Waals surface area contributed by atoms with E-state index in [1.165, 1.54) is 31.4 Å². The molecule has 3 aromatic rings. The highest BCUT2D eigenvalue weighted by Crippen LogP contribution is 2.28. The molecule has 0 fully saturated rings. The topological polar surface area (TPSA) is 53.4 Å². The Kier molecular flexibility index (Phi) is 4.12. The molecular formula is C17H13F3N2O3. The number of carbonyl (C=O) groups excluding carboxylic acids is 1. The highest BCUT2D eigenvalue weighted by atomic mass is 19.4. The van der Waals surface area contributed by atoms with Gasteiger partial charge in [0.1, 0.15) is 11.6 Å². The number of aromatic nitrogens is 2. The third-order valence-corrected chi connectivity index (χ3v) is 3.65. The van der Waals surface area contributed by atoms with Gasteiger partial charge < -0.3 is 14.0 Å². The second kappa shape index (κ2) is 6.12. The number of esters is 1. The SMILES string of the molecule is COC(=O)c1ccc2c(c1)nc(-c1ccc(OC(F)(F)F)cc1)n2C. The Labute approximate surface area is 140 Å². The molecule has 0 aliphatic heterocycles. The fraction of sp³-hybridized carbons (Fsp3) is 0.176. The molecule has 3 rings (SSSR count). The maximum atomic E-state index is 12.2.